The van der Waals surface area contributed by atoms with E-state index in [0.717, 1.165) is 50.9 Å². The van der Waals surface area contributed by atoms with Crippen LogP contribution in [0.3, 0.4) is 0 Å². The van der Waals surface area contributed by atoms with Gasteiger partial charge < -0.3 is 10.1 Å². The number of anilines is 1. The van der Waals surface area contributed by atoms with E-state index < -0.39 is 0 Å². The molecule has 6 rings (SSSR count). The van der Waals surface area contributed by atoms with Crippen LogP contribution in [-0.2, 0) is 4.79 Å². The first-order valence-corrected chi connectivity index (χ1v) is 11.3. The molecule has 1 N–H and O–H groups in total. The number of rotatable bonds is 3. The Kier molecular flexibility index (Phi) is 4.21. The summed E-state index contributed by atoms with van der Waals surface area (Å²) in [7, 11) is 1.67. The number of aromatic nitrogens is 2. The maximum atomic E-state index is 13.6. The number of para-hydroxylation sites is 2. The monoisotopic (exact) mass is 427 g/mol. The van der Waals surface area contributed by atoms with Gasteiger partial charge in [0.1, 0.15) is 11.8 Å². The average molecular weight is 428 g/mol. The maximum Gasteiger partial charge on any atom is 0.209 e. The highest BCUT2D eigenvalue weighted by molar-refractivity contribution is 7.10. The molecule has 4 aromatic rings. The van der Waals surface area contributed by atoms with Crippen molar-refractivity contribution < 1.29 is 9.53 Å². The number of ether oxygens (including phenoxy) is 1. The highest BCUT2D eigenvalue weighted by Crippen LogP contribution is 2.46. The molecule has 0 unspecified atom stereocenters. The van der Waals surface area contributed by atoms with E-state index in [1.807, 2.05) is 30.3 Å². The van der Waals surface area contributed by atoms with Crippen molar-refractivity contribution >= 4 is 34.1 Å². The van der Waals surface area contributed by atoms with E-state index in [2.05, 4.69) is 45.6 Å². The normalized spacial score (nSPS) is 20.4. The molecule has 5 nitrogen and oxygen atoms in total. The molecule has 0 amide bonds. The minimum absolute atomic E-state index is 0.136. The summed E-state index contributed by atoms with van der Waals surface area (Å²) < 4.78 is 7.47. The molecule has 154 valence electrons. The van der Waals surface area contributed by atoms with Crippen molar-refractivity contribution in [2.75, 3.05) is 12.4 Å². The lowest BCUT2D eigenvalue weighted by atomic mass is 9.78. The molecule has 1 aliphatic heterocycles. The zero-order valence-electron chi connectivity index (χ0n) is 17.0. The number of allylic oxidation sites excluding steroid dienone is 2. The third-order valence-corrected chi connectivity index (χ3v) is 7.22. The Morgan fingerprint density at radius 3 is 2.68 bits per heavy atom. The number of imidazole rings is 1. The molecule has 2 atom stereocenters. The van der Waals surface area contributed by atoms with E-state index in [4.69, 9.17) is 9.72 Å². The minimum atomic E-state index is -0.136. The van der Waals surface area contributed by atoms with Crippen molar-refractivity contribution in [3.8, 4) is 5.75 Å². The molecule has 6 heteroatoms. The second kappa shape index (κ2) is 7.10. The van der Waals surface area contributed by atoms with Gasteiger partial charge in [-0.2, -0.15) is 0 Å². The molecule has 2 aliphatic rings. The molecule has 2 aromatic heterocycles. The van der Waals surface area contributed by atoms with Crippen LogP contribution in [0.2, 0.25) is 0 Å². The van der Waals surface area contributed by atoms with Crippen LogP contribution < -0.4 is 10.1 Å². The number of carbonyl (C=O) groups excluding carboxylic acids is 1. The number of carbonyl (C=O) groups is 1. The van der Waals surface area contributed by atoms with Crippen LogP contribution in [0.15, 0.2) is 77.3 Å². The van der Waals surface area contributed by atoms with Crippen LogP contribution in [0, 0.1) is 0 Å². The van der Waals surface area contributed by atoms with Crippen molar-refractivity contribution in [2.45, 2.75) is 24.8 Å². The predicted octanol–water partition coefficient (Wildman–Crippen LogP) is 5.52. The smallest absolute Gasteiger partial charge is 0.209 e. The fourth-order valence-electron chi connectivity index (χ4n) is 4.85. The molecular weight excluding hydrogens is 406 g/mol. The van der Waals surface area contributed by atoms with Gasteiger partial charge in [0.05, 0.1) is 18.1 Å². The summed E-state index contributed by atoms with van der Waals surface area (Å²) >= 11 is 1.69. The largest absolute Gasteiger partial charge is 0.497 e. The van der Waals surface area contributed by atoms with Crippen LogP contribution in [0.5, 0.6) is 5.75 Å². The van der Waals surface area contributed by atoms with E-state index in [9.17, 15) is 4.79 Å². The number of hydrogen-bond acceptors (Lipinski definition) is 5. The minimum Gasteiger partial charge on any atom is -0.497 e. The van der Waals surface area contributed by atoms with Gasteiger partial charge >= 0.3 is 0 Å². The van der Waals surface area contributed by atoms with Crippen molar-refractivity contribution in [2.24, 2.45) is 0 Å². The molecule has 0 radical (unpaired) electrons. The lowest BCUT2D eigenvalue weighted by Crippen LogP contribution is -2.32. The van der Waals surface area contributed by atoms with Crippen LogP contribution in [0.25, 0.3) is 11.0 Å². The number of methoxy groups -OCH3 is 1. The molecular formula is C25H21N3O2S. The molecule has 0 spiro atoms. The zero-order chi connectivity index (χ0) is 20.9. The number of ketones is 1. The van der Waals surface area contributed by atoms with Crippen LogP contribution in [-0.4, -0.2) is 22.4 Å². The van der Waals surface area contributed by atoms with E-state index in [1.165, 1.54) is 0 Å². The van der Waals surface area contributed by atoms with E-state index >= 15 is 0 Å². The van der Waals surface area contributed by atoms with Crippen LogP contribution in [0.4, 0.5) is 5.95 Å². The first-order chi connectivity index (χ1) is 15.2. The van der Waals surface area contributed by atoms with Crippen molar-refractivity contribution in [1.82, 2.24) is 9.55 Å². The Balaban J connectivity index is 1.47. The summed E-state index contributed by atoms with van der Waals surface area (Å²) in [6.07, 6.45) is 1.30. The molecule has 0 saturated carbocycles. The highest BCUT2D eigenvalue weighted by Gasteiger charge is 2.39. The van der Waals surface area contributed by atoms with E-state index in [1.54, 1.807) is 18.4 Å². The quantitative estimate of drug-likeness (QED) is 0.468. The standard InChI is InChI=1S/C25H21N3O2S/c1-30-17-10-8-15(9-11-17)16-13-19-23(21(29)14-16)24(22-7-4-12-31-22)28-20-6-3-2-5-18(20)26-25(28)27-19/h2-12,16,24H,13-14H2,1H3,(H,26,27)/t16-,24+/m0/s1. The third kappa shape index (κ3) is 2.90. The molecule has 0 bridgehead atoms. The molecule has 0 saturated heterocycles. The summed E-state index contributed by atoms with van der Waals surface area (Å²) in [5.41, 5.74) is 5.01. The summed E-state index contributed by atoms with van der Waals surface area (Å²) in [4.78, 5) is 19.6. The van der Waals surface area contributed by atoms with Crippen LogP contribution >= 0.6 is 11.3 Å². The van der Waals surface area contributed by atoms with Crippen molar-refractivity contribution in [3.63, 3.8) is 0 Å². The summed E-state index contributed by atoms with van der Waals surface area (Å²) in [5, 5.41) is 5.60. The molecule has 1 aliphatic carbocycles. The molecule has 0 fully saturated rings. The van der Waals surface area contributed by atoms with Gasteiger partial charge in [-0.1, -0.05) is 30.3 Å². The number of nitrogens with one attached hydrogen (secondary N) is 1. The molecule has 31 heavy (non-hydrogen) atoms. The van der Waals surface area contributed by atoms with Crippen molar-refractivity contribution in [3.05, 3.63) is 87.8 Å². The Labute approximate surface area is 184 Å². The van der Waals surface area contributed by atoms with Gasteiger partial charge in [-0.15, -0.1) is 11.3 Å². The zero-order valence-corrected chi connectivity index (χ0v) is 17.9. The number of Topliss-reactive ketones (excluding diaryl/α,β-unsaturated/α-hetero) is 1. The van der Waals surface area contributed by atoms with Crippen molar-refractivity contribution in [1.29, 1.82) is 0 Å². The maximum absolute atomic E-state index is 13.6. The third-order valence-electron chi connectivity index (χ3n) is 6.30. The second-order valence-corrected chi connectivity index (χ2v) is 9.01. The Bertz CT molecular complexity index is 1320. The number of nitrogens with zero attached hydrogens (tertiary/aromatic N) is 2. The van der Waals surface area contributed by atoms with Gasteiger partial charge in [-0.25, -0.2) is 4.98 Å². The average Bonchev–Trinajstić information content (AvgIpc) is 3.45. The predicted molar refractivity (Wildman–Crippen MR) is 123 cm³/mol. The summed E-state index contributed by atoms with van der Waals surface area (Å²) in [6.45, 7) is 0. The SMILES string of the molecule is COc1ccc([C@@H]2CC(=O)C3=C(C2)Nc2nc4ccccc4n2[C@@H]3c2cccs2)cc1. The fourth-order valence-corrected chi connectivity index (χ4v) is 5.68. The molecule has 2 aromatic carbocycles. The van der Waals surface area contributed by atoms with E-state index in [0.29, 0.717) is 6.42 Å². The lowest BCUT2D eigenvalue weighted by molar-refractivity contribution is -0.116. The molecule has 3 heterocycles. The van der Waals surface area contributed by atoms with Gasteiger partial charge in [-0.3, -0.25) is 9.36 Å². The summed E-state index contributed by atoms with van der Waals surface area (Å²) in [5.74, 6) is 1.98. The number of fused-ring (bicyclic) bond motifs is 3. The lowest BCUT2D eigenvalue weighted by Gasteiger charge is -2.35. The van der Waals surface area contributed by atoms with Crippen LogP contribution in [0.1, 0.15) is 35.2 Å². The van der Waals surface area contributed by atoms with E-state index in [-0.39, 0.29) is 17.7 Å². The Morgan fingerprint density at radius 2 is 1.90 bits per heavy atom. The topological polar surface area (TPSA) is 56.1 Å². The number of benzene rings is 2. The van der Waals surface area contributed by atoms with Gasteiger partial charge in [0.25, 0.3) is 0 Å². The number of hydrogen-bond donors (Lipinski definition) is 1. The van der Waals surface area contributed by atoms with Gasteiger partial charge in [0.2, 0.25) is 5.95 Å². The van der Waals surface area contributed by atoms with Gasteiger partial charge in [0, 0.05) is 22.6 Å². The Morgan fingerprint density at radius 1 is 1.06 bits per heavy atom. The number of thiophene rings is 1. The highest BCUT2D eigenvalue weighted by atomic mass is 32.1. The first-order valence-electron chi connectivity index (χ1n) is 10.4. The van der Waals surface area contributed by atoms with Gasteiger partial charge in [0.15, 0.2) is 5.78 Å². The first kappa shape index (κ1) is 18.4. The Hall–Kier alpha value is -3.38. The van der Waals surface area contributed by atoms with Gasteiger partial charge in [-0.05, 0) is 53.6 Å². The second-order valence-electron chi connectivity index (χ2n) is 8.03. The summed E-state index contributed by atoms with van der Waals surface area (Å²) in [6, 6.07) is 20.2. The fraction of sp³-hybridized carbons (Fsp3) is 0.200.